The highest BCUT2D eigenvalue weighted by Gasteiger charge is 2.26. The molecule has 1 fully saturated rings. The lowest BCUT2D eigenvalue weighted by molar-refractivity contribution is 0.0982. The Bertz CT molecular complexity index is 1440. The summed E-state index contributed by atoms with van der Waals surface area (Å²) in [5.41, 5.74) is 4.24. The minimum atomic E-state index is -3.69. The SMILES string of the molecule is CS(=O)(=O)NC(=O)c1cc(C2CC2)cnc1Nc1ccc2c(ccn2Cc2ccccc2)c1. The molecule has 2 N–H and O–H groups in total. The van der Waals surface area contributed by atoms with E-state index in [1.807, 2.05) is 42.5 Å². The third-order valence-corrected chi connectivity index (χ3v) is 6.27. The Hall–Kier alpha value is -3.65. The molecular formula is C25H24N4O3S. The quantitative estimate of drug-likeness (QED) is 0.427. The fraction of sp³-hybridized carbons (Fsp3) is 0.200. The number of carbonyl (C=O) groups is 1. The van der Waals surface area contributed by atoms with Gasteiger partial charge >= 0.3 is 0 Å². The molecule has 8 heteroatoms. The second kappa shape index (κ2) is 8.37. The van der Waals surface area contributed by atoms with E-state index in [-0.39, 0.29) is 5.56 Å². The van der Waals surface area contributed by atoms with E-state index in [0.717, 1.165) is 47.8 Å². The molecule has 2 aromatic heterocycles. The lowest BCUT2D eigenvalue weighted by Gasteiger charge is -2.13. The van der Waals surface area contributed by atoms with Gasteiger partial charge in [-0.05, 0) is 60.2 Å². The van der Waals surface area contributed by atoms with E-state index < -0.39 is 15.9 Å². The van der Waals surface area contributed by atoms with E-state index in [1.54, 1.807) is 12.3 Å². The van der Waals surface area contributed by atoms with Gasteiger partial charge in [0.1, 0.15) is 5.82 Å². The molecule has 2 heterocycles. The molecule has 0 saturated heterocycles. The van der Waals surface area contributed by atoms with E-state index in [0.29, 0.717) is 11.7 Å². The van der Waals surface area contributed by atoms with Gasteiger partial charge in [-0.1, -0.05) is 30.3 Å². The van der Waals surface area contributed by atoms with Crippen LogP contribution in [0.4, 0.5) is 11.5 Å². The molecule has 0 aliphatic heterocycles. The molecule has 0 bridgehead atoms. The zero-order valence-electron chi connectivity index (χ0n) is 18.2. The van der Waals surface area contributed by atoms with Crippen LogP contribution in [0.5, 0.6) is 0 Å². The van der Waals surface area contributed by atoms with Gasteiger partial charge in [-0.15, -0.1) is 0 Å². The first-order valence-corrected chi connectivity index (χ1v) is 12.7. The van der Waals surface area contributed by atoms with Crippen LogP contribution in [0.25, 0.3) is 10.9 Å². The molecule has 5 rings (SSSR count). The molecule has 168 valence electrons. The summed E-state index contributed by atoms with van der Waals surface area (Å²) < 4.78 is 27.5. The molecule has 2 aromatic carbocycles. The first-order chi connectivity index (χ1) is 15.9. The van der Waals surface area contributed by atoms with Crippen LogP contribution in [-0.4, -0.2) is 30.1 Å². The maximum Gasteiger partial charge on any atom is 0.268 e. The van der Waals surface area contributed by atoms with Crippen molar-refractivity contribution in [3.05, 3.63) is 89.7 Å². The summed E-state index contributed by atoms with van der Waals surface area (Å²) in [5, 5.41) is 4.25. The Labute approximate surface area is 192 Å². The number of pyridine rings is 1. The predicted octanol–water partition coefficient (Wildman–Crippen LogP) is 4.40. The normalized spacial score (nSPS) is 13.7. The van der Waals surface area contributed by atoms with Crippen molar-refractivity contribution in [3.63, 3.8) is 0 Å². The van der Waals surface area contributed by atoms with E-state index >= 15 is 0 Å². The second-order valence-corrected chi connectivity index (χ2v) is 10.2. The molecule has 1 aliphatic carbocycles. The predicted molar refractivity (Wildman–Crippen MR) is 129 cm³/mol. The minimum absolute atomic E-state index is 0.214. The summed E-state index contributed by atoms with van der Waals surface area (Å²) in [7, 11) is -3.69. The van der Waals surface area contributed by atoms with Crippen molar-refractivity contribution in [3.8, 4) is 0 Å². The Morgan fingerprint density at radius 1 is 1.09 bits per heavy atom. The third-order valence-electron chi connectivity index (χ3n) is 5.71. The van der Waals surface area contributed by atoms with Gasteiger partial charge in [0.15, 0.2) is 0 Å². The number of nitrogens with one attached hydrogen (secondary N) is 2. The maximum atomic E-state index is 12.7. The standard InChI is InChI=1S/C25H24N4O3S/c1-33(31,32)28-25(30)22-14-20(18-7-8-18)15-26-24(22)27-21-9-10-23-19(13-21)11-12-29(23)16-17-5-3-2-4-6-17/h2-6,9-15,18H,7-8,16H2,1H3,(H,26,27)(H,28,30). The highest BCUT2D eigenvalue weighted by Crippen LogP contribution is 2.40. The van der Waals surface area contributed by atoms with Crippen molar-refractivity contribution in [2.24, 2.45) is 0 Å². The van der Waals surface area contributed by atoms with E-state index in [9.17, 15) is 13.2 Å². The average molecular weight is 461 g/mol. The van der Waals surface area contributed by atoms with Gasteiger partial charge in [-0.2, -0.15) is 0 Å². The van der Waals surface area contributed by atoms with Gasteiger partial charge < -0.3 is 9.88 Å². The fourth-order valence-corrected chi connectivity index (χ4v) is 4.40. The average Bonchev–Trinajstić information content (AvgIpc) is 3.56. The van der Waals surface area contributed by atoms with Crippen molar-refractivity contribution in [2.75, 3.05) is 11.6 Å². The number of anilines is 2. The van der Waals surface area contributed by atoms with Crippen LogP contribution in [0.2, 0.25) is 0 Å². The van der Waals surface area contributed by atoms with E-state index in [1.165, 1.54) is 5.56 Å². The molecule has 0 spiro atoms. The molecule has 0 atom stereocenters. The largest absolute Gasteiger partial charge is 0.343 e. The zero-order chi connectivity index (χ0) is 23.0. The number of hydrogen-bond acceptors (Lipinski definition) is 5. The number of sulfonamides is 1. The summed E-state index contributed by atoms with van der Waals surface area (Å²) in [5.74, 6) is 0.0192. The van der Waals surface area contributed by atoms with Crippen LogP contribution >= 0.6 is 0 Å². The molecule has 7 nitrogen and oxygen atoms in total. The molecule has 0 radical (unpaired) electrons. The zero-order valence-corrected chi connectivity index (χ0v) is 19.0. The molecule has 1 amide bonds. The number of carbonyl (C=O) groups excluding carboxylic acids is 1. The van der Waals surface area contributed by atoms with Gasteiger partial charge in [0.05, 0.1) is 11.8 Å². The molecule has 4 aromatic rings. The summed E-state index contributed by atoms with van der Waals surface area (Å²) >= 11 is 0. The molecule has 1 saturated carbocycles. The van der Waals surface area contributed by atoms with Crippen molar-refractivity contribution in [2.45, 2.75) is 25.3 Å². The third kappa shape index (κ3) is 4.90. The Morgan fingerprint density at radius 2 is 1.88 bits per heavy atom. The summed E-state index contributed by atoms with van der Waals surface area (Å²) in [6, 6.07) is 20.0. The van der Waals surface area contributed by atoms with Gasteiger partial charge in [0.2, 0.25) is 10.0 Å². The second-order valence-electron chi connectivity index (χ2n) is 8.47. The van der Waals surface area contributed by atoms with Gasteiger partial charge in [-0.3, -0.25) is 4.79 Å². The number of aromatic nitrogens is 2. The first kappa shape index (κ1) is 21.2. The number of fused-ring (bicyclic) bond motifs is 1. The van der Waals surface area contributed by atoms with Gasteiger partial charge in [-0.25, -0.2) is 18.1 Å². The lowest BCUT2D eigenvalue weighted by atomic mass is 10.1. The van der Waals surface area contributed by atoms with Crippen LogP contribution in [0.15, 0.2) is 73.1 Å². The van der Waals surface area contributed by atoms with Crippen LogP contribution in [0.1, 0.15) is 40.2 Å². The number of benzene rings is 2. The number of hydrogen-bond donors (Lipinski definition) is 2. The molecule has 1 aliphatic rings. The topological polar surface area (TPSA) is 93.1 Å². The highest BCUT2D eigenvalue weighted by atomic mass is 32.2. The summed E-state index contributed by atoms with van der Waals surface area (Å²) in [6.45, 7) is 0.775. The monoisotopic (exact) mass is 460 g/mol. The number of amides is 1. The maximum absolute atomic E-state index is 12.7. The Balaban J connectivity index is 1.43. The van der Waals surface area contributed by atoms with Crippen LogP contribution < -0.4 is 10.0 Å². The highest BCUT2D eigenvalue weighted by molar-refractivity contribution is 7.89. The van der Waals surface area contributed by atoms with Crippen LogP contribution in [0.3, 0.4) is 0 Å². The lowest BCUT2D eigenvalue weighted by Crippen LogP contribution is -2.30. The van der Waals surface area contributed by atoms with E-state index in [4.69, 9.17) is 0 Å². The number of nitrogens with zero attached hydrogens (tertiary/aromatic N) is 2. The molecular weight excluding hydrogens is 436 g/mol. The van der Waals surface area contributed by atoms with E-state index in [2.05, 4.69) is 37.9 Å². The Morgan fingerprint density at radius 3 is 2.61 bits per heavy atom. The summed E-state index contributed by atoms with van der Waals surface area (Å²) in [4.78, 5) is 17.1. The molecule has 33 heavy (non-hydrogen) atoms. The van der Waals surface area contributed by atoms with Gasteiger partial charge in [0.25, 0.3) is 5.91 Å². The Kier molecular flexibility index (Phi) is 5.38. The van der Waals surface area contributed by atoms with Crippen molar-refractivity contribution in [1.29, 1.82) is 0 Å². The number of rotatable bonds is 7. The minimum Gasteiger partial charge on any atom is -0.343 e. The van der Waals surface area contributed by atoms with Crippen molar-refractivity contribution >= 4 is 38.3 Å². The smallest absolute Gasteiger partial charge is 0.268 e. The molecule has 0 unspecified atom stereocenters. The van der Waals surface area contributed by atoms with Gasteiger partial charge in [0, 0.05) is 35.5 Å². The van der Waals surface area contributed by atoms with Crippen LogP contribution in [0, 0.1) is 0 Å². The van der Waals surface area contributed by atoms with Crippen LogP contribution in [-0.2, 0) is 16.6 Å². The van der Waals surface area contributed by atoms with Crippen molar-refractivity contribution < 1.29 is 13.2 Å². The summed E-state index contributed by atoms with van der Waals surface area (Å²) in [6.07, 6.45) is 6.88. The fourth-order valence-electron chi connectivity index (χ4n) is 3.95. The van der Waals surface area contributed by atoms with Crippen molar-refractivity contribution in [1.82, 2.24) is 14.3 Å². The first-order valence-electron chi connectivity index (χ1n) is 10.8.